The molecular formula is C19H24N2O3. The molecule has 1 amide bonds. The zero-order valence-corrected chi connectivity index (χ0v) is 14.7. The van der Waals surface area contributed by atoms with Crippen LogP contribution in [0.1, 0.15) is 42.5 Å². The molecule has 1 aliphatic heterocycles. The molecule has 1 fully saturated rings. The van der Waals surface area contributed by atoms with Crippen LogP contribution in [0.5, 0.6) is 0 Å². The van der Waals surface area contributed by atoms with E-state index in [1.807, 2.05) is 56.0 Å². The molecule has 3 rings (SSSR count). The topological polar surface area (TPSA) is 55.6 Å². The van der Waals surface area contributed by atoms with Gasteiger partial charge >= 0.3 is 0 Å². The van der Waals surface area contributed by atoms with E-state index < -0.39 is 0 Å². The van der Waals surface area contributed by atoms with Gasteiger partial charge in [-0.2, -0.15) is 0 Å². The molecule has 0 bridgehead atoms. The Hall–Kier alpha value is -2.14. The van der Waals surface area contributed by atoms with Gasteiger partial charge in [0.1, 0.15) is 11.9 Å². The highest BCUT2D eigenvalue weighted by Crippen LogP contribution is 2.31. The molecular weight excluding hydrogens is 304 g/mol. The van der Waals surface area contributed by atoms with Crippen LogP contribution in [0, 0.1) is 13.8 Å². The summed E-state index contributed by atoms with van der Waals surface area (Å²) in [6.45, 7) is 8.35. The molecule has 5 nitrogen and oxygen atoms in total. The van der Waals surface area contributed by atoms with E-state index in [1.54, 1.807) is 0 Å². The monoisotopic (exact) mass is 328 g/mol. The Morgan fingerprint density at radius 1 is 1.25 bits per heavy atom. The zero-order valence-electron chi connectivity index (χ0n) is 14.7. The summed E-state index contributed by atoms with van der Waals surface area (Å²) in [6, 6.07) is 10.1. The Kier molecular flexibility index (Phi) is 4.71. The normalized spacial score (nSPS) is 24.2. The molecule has 0 N–H and O–H groups in total. The van der Waals surface area contributed by atoms with Crippen LogP contribution in [0.15, 0.2) is 34.9 Å². The van der Waals surface area contributed by atoms with Crippen molar-refractivity contribution in [2.24, 2.45) is 0 Å². The highest BCUT2D eigenvalue weighted by Gasteiger charge is 2.37. The highest BCUT2D eigenvalue weighted by atomic mass is 16.5. The molecule has 1 saturated heterocycles. The van der Waals surface area contributed by atoms with Gasteiger partial charge in [0.2, 0.25) is 5.91 Å². The minimum absolute atomic E-state index is 0.0240. The number of rotatable bonds is 3. The number of aryl methyl sites for hydroxylation is 2. The smallest absolute Gasteiger partial charge is 0.227 e. The van der Waals surface area contributed by atoms with Crippen molar-refractivity contribution in [3.8, 4) is 0 Å². The van der Waals surface area contributed by atoms with Crippen LogP contribution in [0.25, 0.3) is 0 Å². The van der Waals surface area contributed by atoms with Crippen molar-refractivity contribution in [1.29, 1.82) is 0 Å². The summed E-state index contributed by atoms with van der Waals surface area (Å²) in [5.74, 6) is 0.808. The van der Waals surface area contributed by atoms with Gasteiger partial charge in [0.25, 0.3) is 0 Å². The van der Waals surface area contributed by atoms with Gasteiger partial charge in [0.05, 0.1) is 30.8 Å². The number of carbonyl (C=O) groups is 1. The molecule has 5 heteroatoms. The maximum absolute atomic E-state index is 13.0. The van der Waals surface area contributed by atoms with E-state index in [-0.39, 0.29) is 24.1 Å². The number of benzene rings is 1. The van der Waals surface area contributed by atoms with Gasteiger partial charge in [-0.3, -0.25) is 4.79 Å². The maximum Gasteiger partial charge on any atom is 0.227 e. The van der Waals surface area contributed by atoms with E-state index in [2.05, 4.69) is 12.1 Å². The third-order valence-electron chi connectivity index (χ3n) is 4.79. The number of hydrogen-bond acceptors (Lipinski definition) is 4. The van der Waals surface area contributed by atoms with Crippen LogP contribution in [-0.4, -0.2) is 34.7 Å². The van der Waals surface area contributed by atoms with Crippen LogP contribution in [-0.2, 0) is 16.0 Å². The fraction of sp³-hybridized carbons (Fsp3) is 0.474. The molecule has 0 spiro atoms. The first-order chi connectivity index (χ1) is 11.5. The molecule has 1 aliphatic rings. The van der Waals surface area contributed by atoms with Crippen molar-refractivity contribution in [3.05, 3.63) is 52.9 Å². The largest absolute Gasteiger partial charge is 0.369 e. The summed E-state index contributed by atoms with van der Waals surface area (Å²) in [7, 11) is 0. The van der Waals surface area contributed by atoms with Crippen molar-refractivity contribution >= 4 is 5.91 Å². The van der Waals surface area contributed by atoms with Crippen molar-refractivity contribution in [1.82, 2.24) is 10.1 Å². The molecule has 0 radical (unpaired) electrons. The zero-order chi connectivity index (χ0) is 17.3. The summed E-state index contributed by atoms with van der Waals surface area (Å²) in [5, 5.41) is 3.94. The molecule has 3 atom stereocenters. The van der Waals surface area contributed by atoms with Crippen molar-refractivity contribution in [2.45, 2.75) is 52.3 Å². The minimum Gasteiger partial charge on any atom is -0.369 e. The quantitative estimate of drug-likeness (QED) is 0.868. The van der Waals surface area contributed by atoms with E-state index in [4.69, 9.17) is 9.26 Å². The minimum atomic E-state index is -0.101. The highest BCUT2D eigenvalue weighted by molar-refractivity contribution is 5.80. The van der Waals surface area contributed by atoms with Gasteiger partial charge in [-0.1, -0.05) is 35.5 Å². The maximum atomic E-state index is 13.0. The lowest BCUT2D eigenvalue weighted by Crippen LogP contribution is -2.54. The van der Waals surface area contributed by atoms with E-state index in [0.717, 1.165) is 16.8 Å². The van der Waals surface area contributed by atoms with Crippen LogP contribution < -0.4 is 0 Å². The second-order valence-corrected chi connectivity index (χ2v) is 6.53. The van der Waals surface area contributed by atoms with E-state index in [0.29, 0.717) is 18.8 Å². The first-order valence-corrected chi connectivity index (χ1v) is 8.38. The lowest BCUT2D eigenvalue weighted by atomic mass is 9.97. The summed E-state index contributed by atoms with van der Waals surface area (Å²) in [4.78, 5) is 14.9. The molecule has 1 aromatic heterocycles. The number of hydrogen-bond donors (Lipinski definition) is 0. The van der Waals surface area contributed by atoms with Gasteiger partial charge in [-0.15, -0.1) is 0 Å². The first-order valence-electron chi connectivity index (χ1n) is 8.38. The predicted molar refractivity (Wildman–Crippen MR) is 90.6 cm³/mol. The molecule has 1 aromatic carbocycles. The lowest BCUT2D eigenvalue weighted by Gasteiger charge is -2.44. The first kappa shape index (κ1) is 16.7. The van der Waals surface area contributed by atoms with Gasteiger partial charge in [-0.05, 0) is 33.3 Å². The standard InChI is InChI=1S/C19H24N2O3/c1-12-11-23-19(16-8-6-5-7-9-16)14(3)21(12)18(22)10-17-13(2)20-24-15(17)4/h5-9,12,14,19H,10-11H2,1-4H3/t12-,14+,19+/m1/s1. The van der Waals surface area contributed by atoms with Gasteiger partial charge in [-0.25, -0.2) is 0 Å². The van der Waals surface area contributed by atoms with Crippen molar-refractivity contribution in [3.63, 3.8) is 0 Å². The molecule has 2 heterocycles. The van der Waals surface area contributed by atoms with Crippen LogP contribution in [0.4, 0.5) is 0 Å². The Morgan fingerprint density at radius 2 is 1.96 bits per heavy atom. The average molecular weight is 328 g/mol. The molecule has 24 heavy (non-hydrogen) atoms. The predicted octanol–water partition coefficient (Wildman–Crippen LogP) is 3.21. The Balaban J connectivity index is 1.81. The third kappa shape index (κ3) is 3.08. The number of carbonyl (C=O) groups excluding carboxylic acids is 1. The number of aromatic nitrogens is 1. The van der Waals surface area contributed by atoms with Crippen LogP contribution in [0.3, 0.4) is 0 Å². The fourth-order valence-electron chi connectivity index (χ4n) is 3.50. The van der Waals surface area contributed by atoms with Gasteiger partial charge < -0.3 is 14.2 Å². The Morgan fingerprint density at radius 3 is 2.58 bits per heavy atom. The number of amides is 1. The van der Waals surface area contributed by atoms with Gasteiger partial charge in [0.15, 0.2) is 0 Å². The SMILES string of the molecule is Cc1noc(C)c1CC(=O)N1[C@H](C)CO[C@H](c2ccccc2)[C@@H]1C. The number of nitrogens with zero attached hydrogens (tertiary/aromatic N) is 2. The average Bonchev–Trinajstić information content (AvgIpc) is 2.88. The second-order valence-electron chi connectivity index (χ2n) is 6.53. The van der Waals surface area contributed by atoms with Crippen LogP contribution >= 0.6 is 0 Å². The second kappa shape index (κ2) is 6.77. The Bertz CT molecular complexity index is 691. The fourth-order valence-corrected chi connectivity index (χ4v) is 3.50. The summed E-state index contributed by atoms with van der Waals surface area (Å²) >= 11 is 0. The molecule has 128 valence electrons. The van der Waals surface area contributed by atoms with Crippen LogP contribution in [0.2, 0.25) is 0 Å². The third-order valence-corrected chi connectivity index (χ3v) is 4.79. The molecule has 2 aromatic rings. The van der Waals surface area contributed by atoms with Crippen molar-refractivity contribution in [2.75, 3.05) is 6.61 Å². The van der Waals surface area contributed by atoms with E-state index >= 15 is 0 Å². The molecule has 0 aliphatic carbocycles. The summed E-state index contributed by atoms with van der Waals surface area (Å²) in [5.41, 5.74) is 2.78. The van der Waals surface area contributed by atoms with E-state index in [1.165, 1.54) is 0 Å². The van der Waals surface area contributed by atoms with Gasteiger partial charge in [0, 0.05) is 5.56 Å². The molecule has 0 unspecified atom stereocenters. The van der Waals surface area contributed by atoms with Crippen molar-refractivity contribution < 1.29 is 14.1 Å². The molecule has 0 saturated carbocycles. The van der Waals surface area contributed by atoms with E-state index in [9.17, 15) is 4.79 Å². The number of ether oxygens (including phenoxy) is 1. The summed E-state index contributed by atoms with van der Waals surface area (Å²) in [6.07, 6.45) is 0.216. The number of morpholine rings is 1. The Labute approximate surface area is 142 Å². The summed E-state index contributed by atoms with van der Waals surface area (Å²) < 4.78 is 11.2. The lowest BCUT2D eigenvalue weighted by molar-refractivity contribution is -0.152.